The van der Waals surface area contributed by atoms with Crippen LogP contribution >= 0.6 is 0 Å². The topological polar surface area (TPSA) is 72.8 Å². The number of esters is 2. The molecule has 2 fully saturated rings. The average Bonchev–Trinajstić information content (AvgIpc) is 3.19. The first-order valence-corrected chi connectivity index (χ1v) is 14.6. The van der Waals surface area contributed by atoms with Crippen LogP contribution in [0.4, 0.5) is 0 Å². The number of carbonyl (C=O) groups excluding carboxylic acids is 2. The van der Waals surface area contributed by atoms with E-state index in [-0.39, 0.29) is 40.7 Å². The summed E-state index contributed by atoms with van der Waals surface area (Å²) in [6, 6.07) is 0. The highest BCUT2D eigenvalue weighted by molar-refractivity contribution is 5.85. The second kappa shape index (κ2) is 11.6. The third kappa shape index (κ3) is 6.19. The normalized spacial score (nSPS) is 34.6. The molecule has 2 aliphatic carbocycles. The van der Waals surface area contributed by atoms with Gasteiger partial charge in [0.05, 0.1) is 5.60 Å². The fraction of sp³-hybridized carbons (Fsp3) is 0.871. The molecule has 206 valence electrons. The lowest BCUT2D eigenvalue weighted by Crippen LogP contribution is -2.68. The highest BCUT2D eigenvalue weighted by Crippen LogP contribution is 2.66. The van der Waals surface area contributed by atoms with Crippen LogP contribution in [0.15, 0.2) is 11.6 Å². The Balaban J connectivity index is 1.93. The second-order valence-electron chi connectivity index (χ2n) is 13.6. The zero-order valence-electron chi connectivity index (χ0n) is 24.0. The van der Waals surface area contributed by atoms with E-state index in [0.717, 1.165) is 50.0 Å². The van der Waals surface area contributed by atoms with Crippen LogP contribution in [0.2, 0.25) is 0 Å². The van der Waals surface area contributed by atoms with E-state index in [2.05, 4.69) is 41.5 Å². The van der Waals surface area contributed by atoms with Crippen molar-refractivity contribution in [3.8, 4) is 0 Å². The van der Waals surface area contributed by atoms with Crippen LogP contribution in [0.3, 0.4) is 0 Å². The fourth-order valence-electron chi connectivity index (χ4n) is 8.19. The maximum Gasteiger partial charge on any atom is 0.331 e. The summed E-state index contributed by atoms with van der Waals surface area (Å²) in [5, 5.41) is 12.7. The molecule has 1 aliphatic heterocycles. The Morgan fingerprint density at radius 3 is 2.50 bits per heavy atom. The van der Waals surface area contributed by atoms with Crippen molar-refractivity contribution in [2.75, 3.05) is 6.61 Å². The zero-order chi connectivity index (χ0) is 26.7. The molecule has 0 amide bonds. The third-order valence-electron chi connectivity index (χ3n) is 9.94. The summed E-state index contributed by atoms with van der Waals surface area (Å²) in [6.45, 7) is 15.6. The number of fused-ring (bicyclic) bond motifs is 1. The van der Waals surface area contributed by atoms with Crippen molar-refractivity contribution in [3.63, 3.8) is 0 Å². The molecule has 2 saturated carbocycles. The van der Waals surface area contributed by atoms with Gasteiger partial charge in [-0.25, -0.2) is 4.79 Å². The van der Waals surface area contributed by atoms with Crippen LogP contribution in [0, 0.1) is 34.5 Å². The van der Waals surface area contributed by atoms with E-state index in [4.69, 9.17) is 9.47 Å². The van der Waals surface area contributed by atoms with Gasteiger partial charge in [0.1, 0.15) is 12.7 Å². The van der Waals surface area contributed by atoms with E-state index in [1.165, 1.54) is 19.8 Å². The number of hydrogen-bond donors (Lipinski definition) is 1. The third-order valence-corrected chi connectivity index (χ3v) is 9.94. The molecule has 6 atom stereocenters. The first-order chi connectivity index (χ1) is 16.8. The van der Waals surface area contributed by atoms with Gasteiger partial charge in [0.25, 0.3) is 0 Å². The highest BCUT2D eigenvalue weighted by Gasteiger charge is 2.66. The minimum atomic E-state index is -0.875. The molecule has 0 aromatic carbocycles. The van der Waals surface area contributed by atoms with Crippen molar-refractivity contribution in [2.24, 2.45) is 34.5 Å². The maximum atomic E-state index is 12.7. The predicted molar refractivity (Wildman–Crippen MR) is 143 cm³/mol. The molecule has 1 N–H and O–H groups in total. The van der Waals surface area contributed by atoms with E-state index in [1.807, 2.05) is 0 Å². The number of rotatable bonds is 11. The minimum absolute atomic E-state index is 0.00369. The molecule has 0 bridgehead atoms. The zero-order valence-corrected chi connectivity index (χ0v) is 24.0. The summed E-state index contributed by atoms with van der Waals surface area (Å²) in [5.41, 5.74) is -0.234. The van der Waals surface area contributed by atoms with Crippen LogP contribution in [0.5, 0.6) is 0 Å². The van der Waals surface area contributed by atoms with Gasteiger partial charge in [-0.1, -0.05) is 73.6 Å². The van der Waals surface area contributed by atoms with Crippen molar-refractivity contribution in [1.82, 2.24) is 0 Å². The van der Waals surface area contributed by atoms with E-state index in [1.54, 1.807) is 6.08 Å². The van der Waals surface area contributed by atoms with Gasteiger partial charge >= 0.3 is 11.9 Å². The monoisotopic (exact) mass is 504 g/mol. The molecule has 0 aromatic rings. The Morgan fingerprint density at radius 1 is 1.17 bits per heavy atom. The predicted octanol–water partition coefficient (Wildman–Crippen LogP) is 7.01. The molecule has 3 rings (SSSR count). The quantitative estimate of drug-likeness (QED) is 0.306. The van der Waals surface area contributed by atoms with Crippen molar-refractivity contribution >= 4 is 11.9 Å². The fourth-order valence-corrected chi connectivity index (χ4v) is 8.19. The van der Waals surface area contributed by atoms with E-state index in [9.17, 15) is 14.7 Å². The van der Waals surface area contributed by atoms with Crippen molar-refractivity contribution in [1.29, 1.82) is 0 Å². The van der Waals surface area contributed by atoms with Gasteiger partial charge in [0.2, 0.25) is 0 Å². The molecule has 5 heteroatoms. The lowest BCUT2D eigenvalue weighted by atomic mass is 9.41. The van der Waals surface area contributed by atoms with Gasteiger partial charge < -0.3 is 14.6 Å². The molecule has 0 aromatic heterocycles. The number of aliphatic hydroxyl groups is 1. The average molecular weight is 505 g/mol. The molecule has 36 heavy (non-hydrogen) atoms. The smallest absolute Gasteiger partial charge is 0.331 e. The van der Waals surface area contributed by atoms with Crippen LogP contribution in [0.25, 0.3) is 0 Å². The summed E-state index contributed by atoms with van der Waals surface area (Å²) in [4.78, 5) is 23.9. The highest BCUT2D eigenvalue weighted by atomic mass is 16.5. The van der Waals surface area contributed by atoms with Gasteiger partial charge in [-0.05, 0) is 67.3 Å². The SMILES string of the molecule is CC(=O)O[C@@H]1C[C@@H](C)[C@](O)(CCC2=CC(=O)OC2)[C@@]2(CCC[C@@H](C)CCC(C)C)CCCC(C)(C)[C@H]12. The van der Waals surface area contributed by atoms with Crippen molar-refractivity contribution in [3.05, 3.63) is 11.6 Å². The molecule has 0 saturated heterocycles. The van der Waals surface area contributed by atoms with Crippen molar-refractivity contribution < 1.29 is 24.2 Å². The molecule has 5 nitrogen and oxygen atoms in total. The molecule has 0 radical (unpaired) electrons. The summed E-state index contributed by atoms with van der Waals surface area (Å²) >= 11 is 0. The standard InChI is InChI=1S/C31H52O5/c1-21(2)11-12-22(3)10-8-15-30-16-9-14-29(6,7)28(30)26(36-24(5)32)18-23(4)31(30,34)17-13-25-19-27(33)35-20-25/h19,21-23,26,28,34H,8-18,20H2,1-7H3/t22-,23-,26-,28+,30+,31-/m1/s1. The van der Waals surface area contributed by atoms with Gasteiger partial charge in [-0.2, -0.15) is 0 Å². The molecular formula is C31H52O5. The Labute approximate surface area is 219 Å². The van der Waals surface area contributed by atoms with Gasteiger partial charge in [0, 0.05) is 24.3 Å². The maximum absolute atomic E-state index is 12.7. The van der Waals surface area contributed by atoms with Crippen LogP contribution < -0.4 is 0 Å². The molecule has 1 heterocycles. The van der Waals surface area contributed by atoms with E-state index < -0.39 is 5.60 Å². The van der Waals surface area contributed by atoms with E-state index in [0.29, 0.717) is 31.8 Å². The summed E-state index contributed by atoms with van der Waals surface area (Å²) in [7, 11) is 0. The molecule has 0 spiro atoms. The van der Waals surface area contributed by atoms with E-state index >= 15 is 0 Å². The summed E-state index contributed by atoms with van der Waals surface area (Å²) in [5.74, 6) is 1.02. The first kappa shape index (κ1) is 29.2. The lowest BCUT2D eigenvalue weighted by molar-refractivity contribution is -0.259. The Kier molecular flexibility index (Phi) is 9.39. The largest absolute Gasteiger partial charge is 0.462 e. The Bertz CT molecular complexity index is 814. The van der Waals surface area contributed by atoms with Crippen LogP contribution in [-0.2, 0) is 19.1 Å². The Hall–Kier alpha value is -1.36. The number of cyclic esters (lactones) is 1. The molecule has 3 aliphatic rings. The first-order valence-electron chi connectivity index (χ1n) is 14.6. The molecular weight excluding hydrogens is 452 g/mol. The van der Waals surface area contributed by atoms with Gasteiger partial charge in [-0.3, -0.25) is 4.79 Å². The summed E-state index contributed by atoms with van der Waals surface area (Å²) < 4.78 is 11.2. The van der Waals surface area contributed by atoms with Crippen molar-refractivity contribution in [2.45, 2.75) is 131 Å². The van der Waals surface area contributed by atoms with Gasteiger partial charge in [-0.15, -0.1) is 0 Å². The lowest BCUT2D eigenvalue weighted by Gasteiger charge is -2.66. The number of ether oxygens (including phenoxy) is 2. The number of hydrogen-bond acceptors (Lipinski definition) is 5. The van der Waals surface area contributed by atoms with Crippen LogP contribution in [-0.4, -0.2) is 35.4 Å². The second-order valence-corrected chi connectivity index (χ2v) is 13.6. The van der Waals surface area contributed by atoms with Gasteiger partial charge in [0.15, 0.2) is 0 Å². The minimum Gasteiger partial charge on any atom is -0.462 e. The molecule has 0 unspecified atom stereocenters. The summed E-state index contributed by atoms with van der Waals surface area (Å²) in [6.07, 6.45) is 12.3. The number of carbonyl (C=O) groups is 2. The van der Waals surface area contributed by atoms with Crippen LogP contribution in [0.1, 0.15) is 119 Å². The Morgan fingerprint density at radius 2 is 1.89 bits per heavy atom.